The van der Waals surface area contributed by atoms with E-state index in [4.69, 9.17) is 11.2 Å². The Kier molecular flexibility index (Phi) is 5.23. The molecule has 5 rings (SSSR count). The normalized spacial score (nSPS) is 24.9. The lowest BCUT2D eigenvalue weighted by atomic mass is 9.86. The molecular weight excluding hydrogens is 286 g/mol. The Labute approximate surface area is 137 Å². The molecule has 1 aromatic carbocycles. The second-order valence-corrected chi connectivity index (χ2v) is 5.84. The summed E-state index contributed by atoms with van der Waals surface area (Å²) in [6, 6.07) is 13.8. The van der Waals surface area contributed by atoms with Gasteiger partial charge < -0.3 is 4.74 Å². The van der Waals surface area contributed by atoms with Gasteiger partial charge in [0.25, 0.3) is 0 Å². The van der Waals surface area contributed by atoms with Crippen molar-refractivity contribution in [1.29, 1.82) is 0 Å². The first-order valence-electron chi connectivity index (χ1n) is 8.04. The van der Waals surface area contributed by atoms with Crippen molar-refractivity contribution in [2.75, 3.05) is 19.6 Å². The summed E-state index contributed by atoms with van der Waals surface area (Å²) in [5.41, 5.74) is 0.691. The molecule has 0 aliphatic carbocycles. The van der Waals surface area contributed by atoms with Crippen LogP contribution in [0.3, 0.4) is 0 Å². The zero-order valence-corrected chi connectivity index (χ0v) is 13.1. The maximum atomic E-state index is 5.95. The summed E-state index contributed by atoms with van der Waals surface area (Å²) in [5, 5.41) is 7.83. The fourth-order valence-corrected chi connectivity index (χ4v) is 3.09. The summed E-state index contributed by atoms with van der Waals surface area (Å²) < 4.78 is 5.95. The molecule has 4 nitrogen and oxygen atoms in total. The number of hydrogen-bond donors (Lipinski definition) is 0. The Morgan fingerprint density at radius 1 is 1.09 bits per heavy atom. The summed E-state index contributed by atoms with van der Waals surface area (Å²) in [5.74, 6) is 3.74. The highest BCUT2D eigenvalue weighted by Crippen LogP contribution is 2.30. The predicted octanol–water partition coefficient (Wildman–Crippen LogP) is 2.62. The molecule has 3 aliphatic rings. The van der Waals surface area contributed by atoms with E-state index in [0.717, 1.165) is 6.54 Å². The van der Waals surface area contributed by atoms with Gasteiger partial charge in [-0.2, -0.15) is 5.10 Å². The molecule has 23 heavy (non-hydrogen) atoms. The van der Waals surface area contributed by atoms with Gasteiger partial charge in [-0.05, 0) is 37.9 Å². The van der Waals surface area contributed by atoms with Gasteiger partial charge >= 0.3 is 0 Å². The molecule has 0 amide bonds. The van der Waals surface area contributed by atoms with Crippen LogP contribution in [0.25, 0.3) is 0 Å². The van der Waals surface area contributed by atoms with Crippen LogP contribution in [0.4, 0.5) is 0 Å². The summed E-state index contributed by atoms with van der Waals surface area (Å²) in [4.78, 5) is 2.44. The monoisotopic (exact) mass is 307 g/mol. The van der Waals surface area contributed by atoms with E-state index in [-0.39, 0.29) is 6.10 Å². The molecule has 0 saturated carbocycles. The molecule has 3 fully saturated rings. The van der Waals surface area contributed by atoms with E-state index < -0.39 is 0 Å². The molecule has 0 spiro atoms. The SMILES string of the molecule is C#Cc1ccnnc1OC1CN2CCC1CC2.c1ccccc1. The summed E-state index contributed by atoms with van der Waals surface area (Å²) in [6.45, 7) is 3.39. The van der Waals surface area contributed by atoms with Crippen LogP contribution in [0.2, 0.25) is 0 Å². The molecule has 2 bridgehead atoms. The second kappa shape index (κ2) is 7.75. The topological polar surface area (TPSA) is 38.3 Å². The fourth-order valence-electron chi connectivity index (χ4n) is 3.09. The highest BCUT2D eigenvalue weighted by molar-refractivity contribution is 5.38. The highest BCUT2D eigenvalue weighted by atomic mass is 16.5. The number of nitrogens with zero attached hydrogens (tertiary/aromatic N) is 3. The molecule has 118 valence electrons. The van der Waals surface area contributed by atoms with Crippen LogP contribution < -0.4 is 4.74 Å². The third-order valence-corrected chi connectivity index (χ3v) is 4.37. The molecular formula is C19H21N3O. The van der Waals surface area contributed by atoms with Gasteiger partial charge in [0.2, 0.25) is 5.88 Å². The summed E-state index contributed by atoms with van der Waals surface area (Å²) >= 11 is 0. The fraction of sp³-hybridized carbons (Fsp3) is 0.368. The average Bonchev–Trinajstić information content (AvgIpc) is 2.65. The number of terminal acetylenes is 1. The number of benzene rings is 1. The lowest BCUT2D eigenvalue weighted by Crippen LogP contribution is -2.52. The largest absolute Gasteiger partial charge is 0.471 e. The first-order valence-corrected chi connectivity index (χ1v) is 8.04. The Morgan fingerprint density at radius 2 is 1.74 bits per heavy atom. The van der Waals surface area contributed by atoms with E-state index in [2.05, 4.69) is 21.0 Å². The van der Waals surface area contributed by atoms with Gasteiger partial charge in [0.1, 0.15) is 6.10 Å². The van der Waals surface area contributed by atoms with E-state index in [1.165, 1.54) is 25.9 Å². The van der Waals surface area contributed by atoms with Gasteiger partial charge in [-0.15, -0.1) is 11.5 Å². The minimum absolute atomic E-state index is 0.223. The van der Waals surface area contributed by atoms with Crippen LogP contribution in [0.5, 0.6) is 5.88 Å². The smallest absolute Gasteiger partial charge is 0.249 e. The first kappa shape index (κ1) is 15.5. The van der Waals surface area contributed by atoms with Crippen molar-refractivity contribution < 1.29 is 4.74 Å². The van der Waals surface area contributed by atoms with Crippen LogP contribution >= 0.6 is 0 Å². The third-order valence-electron chi connectivity index (χ3n) is 4.37. The van der Waals surface area contributed by atoms with Crippen molar-refractivity contribution in [2.45, 2.75) is 18.9 Å². The molecule has 1 aromatic heterocycles. The minimum Gasteiger partial charge on any atom is -0.471 e. The van der Waals surface area contributed by atoms with Crippen LogP contribution in [0.15, 0.2) is 48.7 Å². The number of fused-ring (bicyclic) bond motifs is 3. The minimum atomic E-state index is 0.223. The van der Waals surface area contributed by atoms with Crippen LogP contribution in [0, 0.1) is 18.3 Å². The lowest BCUT2D eigenvalue weighted by Gasteiger charge is -2.44. The number of hydrogen-bond acceptors (Lipinski definition) is 4. The molecule has 1 unspecified atom stereocenters. The van der Waals surface area contributed by atoms with E-state index in [1.807, 2.05) is 36.4 Å². The molecule has 2 aromatic rings. The van der Waals surface area contributed by atoms with Gasteiger partial charge in [0.05, 0.1) is 11.8 Å². The van der Waals surface area contributed by atoms with Crippen LogP contribution in [0.1, 0.15) is 18.4 Å². The summed E-state index contributed by atoms with van der Waals surface area (Å²) in [7, 11) is 0. The quantitative estimate of drug-likeness (QED) is 0.800. The van der Waals surface area contributed by atoms with Crippen molar-refractivity contribution in [3.8, 4) is 18.2 Å². The second-order valence-electron chi connectivity index (χ2n) is 5.84. The zero-order chi connectivity index (χ0) is 15.9. The Hall–Kier alpha value is -2.38. The third kappa shape index (κ3) is 4.08. The number of rotatable bonds is 2. The number of aromatic nitrogens is 2. The predicted molar refractivity (Wildman–Crippen MR) is 90.0 cm³/mol. The van der Waals surface area contributed by atoms with E-state index >= 15 is 0 Å². The average molecular weight is 307 g/mol. The molecule has 4 heterocycles. The Bertz CT molecular complexity index is 618. The lowest BCUT2D eigenvalue weighted by molar-refractivity contribution is -0.0105. The van der Waals surface area contributed by atoms with Gasteiger partial charge in [0, 0.05) is 6.54 Å². The molecule has 0 N–H and O–H groups in total. The zero-order valence-electron chi connectivity index (χ0n) is 13.1. The van der Waals surface area contributed by atoms with Crippen molar-refractivity contribution in [3.63, 3.8) is 0 Å². The maximum Gasteiger partial charge on any atom is 0.249 e. The van der Waals surface area contributed by atoms with Crippen molar-refractivity contribution >= 4 is 0 Å². The first-order chi connectivity index (χ1) is 11.4. The molecule has 1 atom stereocenters. The summed E-state index contributed by atoms with van der Waals surface area (Å²) in [6.07, 6.45) is 9.68. The molecule has 3 saturated heterocycles. The van der Waals surface area contributed by atoms with Crippen molar-refractivity contribution in [1.82, 2.24) is 15.1 Å². The van der Waals surface area contributed by atoms with E-state index in [0.29, 0.717) is 17.4 Å². The van der Waals surface area contributed by atoms with Crippen LogP contribution in [-0.4, -0.2) is 40.8 Å². The molecule has 4 heteroatoms. The van der Waals surface area contributed by atoms with Gasteiger partial charge in [-0.1, -0.05) is 42.3 Å². The standard InChI is InChI=1S/C13H15N3O.C6H6/c1-2-10-3-6-14-15-13(10)17-12-9-16-7-4-11(12)5-8-16;1-2-4-6-5-3-1/h1,3,6,11-12H,4-5,7-9H2;1-6H. The van der Waals surface area contributed by atoms with Gasteiger partial charge in [-0.3, -0.25) is 4.90 Å². The Morgan fingerprint density at radius 3 is 2.26 bits per heavy atom. The number of piperidine rings is 3. The number of ether oxygens (including phenoxy) is 1. The van der Waals surface area contributed by atoms with Crippen LogP contribution in [-0.2, 0) is 0 Å². The van der Waals surface area contributed by atoms with E-state index in [1.54, 1.807) is 12.3 Å². The van der Waals surface area contributed by atoms with Crippen molar-refractivity contribution in [3.05, 3.63) is 54.2 Å². The van der Waals surface area contributed by atoms with Crippen molar-refractivity contribution in [2.24, 2.45) is 5.92 Å². The van der Waals surface area contributed by atoms with E-state index in [9.17, 15) is 0 Å². The molecule has 3 aliphatic heterocycles. The highest BCUT2D eigenvalue weighted by Gasteiger charge is 2.36. The van der Waals surface area contributed by atoms with Gasteiger partial charge in [0.15, 0.2) is 0 Å². The maximum absolute atomic E-state index is 5.95. The Balaban J connectivity index is 0.000000220. The van der Waals surface area contributed by atoms with Gasteiger partial charge in [-0.25, -0.2) is 0 Å². The molecule has 0 radical (unpaired) electrons.